The van der Waals surface area contributed by atoms with Gasteiger partial charge in [0.2, 0.25) is 0 Å². The maximum absolute atomic E-state index is 3.57. The van der Waals surface area contributed by atoms with Gasteiger partial charge in [-0.25, -0.2) is 0 Å². The molecule has 0 aliphatic heterocycles. The van der Waals surface area contributed by atoms with Crippen molar-refractivity contribution in [1.82, 2.24) is 0 Å². The minimum Gasteiger partial charge on any atom is -0.196 e. The summed E-state index contributed by atoms with van der Waals surface area (Å²) in [6, 6.07) is 8.09. The van der Waals surface area contributed by atoms with E-state index in [0.29, 0.717) is 0 Å². The Kier molecular flexibility index (Phi) is 11.1. The molecule has 1 aromatic carbocycles. The van der Waals surface area contributed by atoms with Crippen LogP contribution in [0.3, 0.4) is 0 Å². The predicted octanol–water partition coefficient (Wildman–Crippen LogP) is 2.59. The molecule has 0 heterocycles. The molecule has 2 heteroatoms. The van der Waals surface area contributed by atoms with Crippen LogP contribution < -0.4 is 0 Å². The third kappa shape index (κ3) is 4.92. The largest absolute Gasteiger partial charge is 0.196 e. The average molecular weight is 308 g/mol. The van der Waals surface area contributed by atoms with Gasteiger partial charge < -0.3 is 0 Å². The molecule has 2 radical (unpaired) electrons. The second-order valence-corrected chi connectivity index (χ2v) is 2.09. The van der Waals surface area contributed by atoms with Crippen molar-refractivity contribution >= 4 is 0 Å². The minimum atomic E-state index is 0. The SMILES string of the molecule is C=[C-]c1cccc([CH-]C)c1.[Y].[Y]. The standard InChI is InChI=1S/C10H10.2Y/c1-3-9-6-5-7-10(4-2)8-9;;/h4-8H,1H2,2H3;;/q-2;;. The first-order valence-electron chi connectivity index (χ1n) is 3.29. The zero-order chi connectivity index (χ0) is 7.40. The molecule has 58 valence electrons. The van der Waals surface area contributed by atoms with Crippen LogP contribution in [-0.2, 0) is 65.4 Å². The van der Waals surface area contributed by atoms with Gasteiger partial charge in [0, 0.05) is 65.4 Å². The summed E-state index contributed by atoms with van der Waals surface area (Å²) >= 11 is 0. The number of hydrogen-bond acceptors (Lipinski definition) is 0. The van der Waals surface area contributed by atoms with Gasteiger partial charge in [-0.1, -0.05) is 6.92 Å². The first kappa shape index (κ1) is 15.5. The summed E-state index contributed by atoms with van der Waals surface area (Å²) in [5.74, 6) is 0. The van der Waals surface area contributed by atoms with Gasteiger partial charge in [0.15, 0.2) is 0 Å². The van der Waals surface area contributed by atoms with Gasteiger partial charge in [0.25, 0.3) is 0 Å². The Hall–Kier alpha value is 1.04. The summed E-state index contributed by atoms with van der Waals surface area (Å²) in [5.41, 5.74) is 2.27. The zero-order valence-corrected chi connectivity index (χ0v) is 12.9. The van der Waals surface area contributed by atoms with E-state index in [0.717, 1.165) is 5.56 Å². The van der Waals surface area contributed by atoms with Gasteiger partial charge in [-0.15, -0.1) is 0 Å². The predicted molar refractivity (Wildman–Crippen MR) is 43.5 cm³/mol. The van der Waals surface area contributed by atoms with Crippen molar-refractivity contribution in [3.05, 3.63) is 54.5 Å². The van der Waals surface area contributed by atoms with Crippen molar-refractivity contribution < 1.29 is 65.4 Å². The van der Waals surface area contributed by atoms with Crippen molar-refractivity contribution in [2.75, 3.05) is 0 Å². The summed E-state index contributed by atoms with van der Waals surface area (Å²) in [6.45, 7) is 5.58. The summed E-state index contributed by atoms with van der Waals surface area (Å²) < 4.78 is 0. The van der Waals surface area contributed by atoms with Crippen molar-refractivity contribution in [2.24, 2.45) is 0 Å². The maximum Gasteiger partial charge on any atom is 0 e. The van der Waals surface area contributed by atoms with Crippen LogP contribution in [0.5, 0.6) is 0 Å². The van der Waals surface area contributed by atoms with E-state index in [-0.39, 0.29) is 65.4 Å². The van der Waals surface area contributed by atoms with E-state index in [4.69, 9.17) is 0 Å². The monoisotopic (exact) mass is 308 g/mol. The Balaban J connectivity index is 0. The zero-order valence-electron chi connectivity index (χ0n) is 7.25. The van der Waals surface area contributed by atoms with Crippen LogP contribution in [0, 0.1) is 12.5 Å². The Labute approximate surface area is 125 Å². The van der Waals surface area contributed by atoms with E-state index >= 15 is 0 Å². The maximum atomic E-state index is 3.57. The summed E-state index contributed by atoms with van der Waals surface area (Å²) in [4.78, 5) is 0. The third-order valence-electron chi connectivity index (χ3n) is 1.42. The van der Waals surface area contributed by atoms with Crippen LogP contribution in [0.4, 0.5) is 0 Å². The minimum absolute atomic E-state index is 0. The van der Waals surface area contributed by atoms with E-state index in [1.165, 1.54) is 5.56 Å². The van der Waals surface area contributed by atoms with Crippen LogP contribution in [0.25, 0.3) is 0 Å². The molecule has 1 aromatic rings. The molecule has 0 aromatic heterocycles. The summed E-state index contributed by atoms with van der Waals surface area (Å²) in [6.07, 6.45) is 4.89. The number of hydrogen-bond donors (Lipinski definition) is 0. The summed E-state index contributed by atoms with van der Waals surface area (Å²) in [7, 11) is 0. The normalized spacial score (nSPS) is 7.42. The topological polar surface area (TPSA) is 0 Å². The van der Waals surface area contributed by atoms with Crippen LogP contribution in [-0.4, -0.2) is 0 Å². The second-order valence-electron chi connectivity index (χ2n) is 2.09. The molecule has 0 N–H and O–H groups in total. The van der Waals surface area contributed by atoms with Crippen molar-refractivity contribution in [1.29, 1.82) is 0 Å². The van der Waals surface area contributed by atoms with Crippen LogP contribution >= 0.6 is 0 Å². The van der Waals surface area contributed by atoms with E-state index in [9.17, 15) is 0 Å². The van der Waals surface area contributed by atoms with Crippen LogP contribution in [0.1, 0.15) is 18.1 Å². The Morgan fingerprint density at radius 1 is 1.33 bits per heavy atom. The summed E-state index contributed by atoms with van der Waals surface area (Å²) in [5, 5.41) is 0. The Morgan fingerprint density at radius 3 is 2.50 bits per heavy atom. The molecule has 12 heavy (non-hydrogen) atoms. The molecular formula is C10H10Y2-2. The molecule has 0 amide bonds. The molecular weight excluding hydrogens is 298 g/mol. The number of benzene rings is 1. The van der Waals surface area contributed by atoms with Gasteiger partial charge in [0.1, 0.15) is 0 Å². The van der Waals surface area contributed by atoms with Gasteiger partial charge >= 0.3 is 0 Å². The van der Waals surface area contributed by atoms with E-state index in [1.807, 2.05) is 25.1 Å². The molecule has 0 aliphatic rings. The molecule has 0 aliphatic carbocycles. The van der Waals surface area contributed by atoms with Crippen LogP contribution in [0.2, 0.25) is 0 Å². The van der Waals surface area contributed by atoms with Gasteiger partial charge in [-0.2, -0.15) is 54.5 Å². The van der Waals surface area contributed by atoms with E-state index < -0.39 is 0 Å². The van der Waals surface area contributed by atoms with Gasteiger partial charge in [-0.3, -0.25) is 0 Å². The molecule has 0 unspecified atom stereocenters. The molecule has 0 nitrogen and oxygen atoms in total. The fourth-order valence-corrected chi connectivity index (χ4v) is 0.828. The van der Waals surface area contributed by atoms with Crippen molar-refractivity contribution in [2.45, 2.75) is 6.92 Å². The van der Waals surface area contributed by atoms with E-state index in [2.05, 4.69) is 25.1 Å². The average Bonchev–Trinajstić information content (AvgIpc) is 2.05. The molecule has 0 saturated heterocycles. The Morgan fingerprint density at radius 2 is 2.00 bits per heavy atom. The molecule has 0 spiro atoms. The quantitative estimate of drug-likeness (QED) is 0.737. The molecule has 0 saturated carbocycles. The first-order chi connectivity index (χ1) is 4.86. The fraction of sp³-hybridized carbons (Fsp3) is 0.100. The van der Waals surface area contributed by atoms with Crippen molar-refractivity contribution in [3.8, 4) is 0 Å². The fourth-order valence-electron chi connectivity index (χ4n) is 0.828. The second kappa shape index (κ2) is 8.63. The molecule has 0 bridgehead atoms. The van der Waals surface area contributed by atoms with Gasteiger partial charge in [-0.05, 0) is 0 Å². The number of rotatable bonds is 2. The van der Waals surface area contributed by atoms with Crippen LogP contribution in [0.15, 0.2) is 30.8 Å². The van der Waals surface area contributed by atoms with Gasteiger partial charge in [0.05, 0.1) is 0 Å². The van der Waals surface area contributed by atoms with E-state index in [1.54, 1.807) is 0 Å². The smallest absolute Gasteiger partial charge is 0 e. The van der Waals surface area contributed by atoms with Crippen molar-refractivity contribution in [3.63, 3.8) is 0 Å². The molecule has 1 rings (SSSR count). The molecule has 0 fully saturated rings. The third-order valence-corrected chi connectivity index (χ3v) is 1.42. The first-order valence-corrected chi connectivity index (χ1v) is 3.29. The Bertz CT molecular complexity index is 231. The molecule has 0 atom stereocenters.